The molecule has 1 fully saturated rings. The first-order chi connectivity index (χ1) is 6.12. The lowest BCUT2D eigenvalue weighted by molar-refractivity contribution is -0.0808. The molecule has 74 valence electrons. The fourth-order valence-electron chi connectivity index (χ4n) is 1.17. The molecule has 4 nitrogen and oxygen atoms in total. The predicted octanol–water partition coefficient (Wildman–Crippen LogP) is 0.930. The third-order valence-electron chi connectivity index (χ3n) is 2.06. The van der Waals surface area contributed by atoms with E-state index in [2.05, 4.69) is 15.5 Å². The molecule has 0 spiro atoms. The van der Waals surface area contributed by atoms with Crippen molar-refractivity contribution in [2.45, 2.75) is 18.2 Å². The summed E-state index contributed by atoms with van der Waals surface area (Å²) in [4.78, 5) is 1.85. The Morgan fingerprint density at radius 1 is 1.85 bits per heavy atom. The van der Waals surface area contributed by atoms with Gasteiger partial charge in [-0.2, -0.15) is 5.26 Å². The summed E-state index contributed by atoms with van der Waals surface area (Å²) in [6.07, 6.45) is 0. The zero-order chi connectivity index (χ0) is 9.90. The minimum atomic E-state index is -0.929. The molecule has 0 radical (unpaired) electrons. The molecule has 3 atom stereocenters. The normalized spacial score (nSPS) is 29.2. The zero-order valence-electron chi connectivity index (χ0n) is 7.36. The van der Waals surface area contributed by atoms with Crippen LogP contribution in [0.3, 0.4) is 0 Å². The van der Waals surface area contributed by atoms with E-state index in [0.29, 0.717) is 19.7 Å². The van der Waals surface area contributed by atoms with Crippen molar-refractivity contribution in [2.24, 2.45) is 0 Å². The Labute approximate surface area is 85.0 Å². The topological polar surface area (TPSA) is 45.5 Å². The summed E-state index contributed by atoms with van der Waals surface area (Å²) in [7, 11) is 2.10. The van der Waals surface area contributed by atoms with Crippen LogP contribution in [0.25, 0.3) is 0 Å². The van der Waals surface area contributed by atoms with Gasteiger partial charge in [0, 0.05) is 22.6 Å². The predicted molar refractivity (Wildman–Crippen MR) is 52.0 cm³/mol. The number of ether oxygens (including phenoxy) is 1. The Bertz CT molecular complexity index is 223. The van der Waals surface area contributed by atoms with Gasteiger partial charge >= 0.3 is 0 Å². The van der Waals surface area contributed by atoms with Crippen LogP contribution in [0.15, 0.2) is 0 Å². The highest BCUT2D eigenvalue weighted by Crippen LogP contribution is 2.22. The van der Waals surface area contributed by atoms with Gasteiger partial charge in [-0.1, -0.05) is 11.6 Å². The monoisotopic (exact) mass is 222 g/mol. The molecule has 0 aromatic carbocycles. The second kappa shape index (κ2) is 4.54. The summed E-state index contributed by atoms with van der Waals surface area (Å²) >= 11 is 5.80. The molecule has 0 bridgehead atoms. The van der Waals surface area contributed by atoms with Gasteiger partial charge in [0.1, 0.15) is 11.6 Å². The SMILES string of the molecule is CC(C#N)(OP)N1CCOC(Cl)C1. The maximum Gasteiger partial charge on any atom is 0.210 e. The van der Waals surface area contributed by atoms with Crippen molar-refractivity contribution in [1.29, 1.82) is 5.26 Å². The molecule has 0 aromatic heterocycles. The molecule has 1 saturated heterocycles. The third kappa shape index (κ3) is 2.52. The van der Waals surface area contributed by atoms with E-state index in [1.807, 2.05) is 4.90 Å². The van der Waals surface area contributed by atoms with Crippen LogP contribution in [-0.4, -0.2) is 35.9 Å². The van der Waals surface area contributed by atoms with Gasteiger partial charge in [-0.05, 0) is 6.92 Å². The van der Waals surface area contributed by atoms with E-state index in [4.69, 9.17) is 26.1 Å². The number of morpholine rings is 1. The van der Waals surface area contributed by atoms with E-state index in [1.165, 1.54) is 0 Å². The van der Waals surface area contributed by atoms with Crippen molar-refractivity contribution in [3.05, 3.63) is 0 Å². The number of hydrogen-bond acceptors (Lipinski definition) is 4. The number of hydrogen-bond donors (Lipinski definition) is 0. The third-order valence-corrected chi connectivity index (χ3v) is 2.79. The average Bonchev–Trinajstić information content (AvgIpc) is 2.17. The van der Waals surface area contributed by atoms with E-state index < -0.39 is 5.72 Å². The number of alkyl halides is 1. The molecular weight excluding hydrogens is 211 g/mol. The summed E-state index contributed by atoms with van der Waals surface area (Å²) in [6, 6.07) is 2.09. The lowest BCUT2D eigenvalue weighted by Crippen LogP contribution is -2.52. The fraction of sp³-hybridized carbons (Fsp3) is 0.857. The van der Waals surface area contributed by atoms with Crippen molar-refractivity contribution in [3.63, 3.8) is 0 Å². The number of nitrogens with zero attached hydrogens (tertiary/aromatic N) is 2. The van der Waals surface area contributed by atoms with Gasteiger partial charge in [-0.25, -0.2) is 0 Å². The summed E-state index contributed by atoms with van der Waals surface area (Å²) in [5, 5.41) is 8.91. The van der Waals surface area contributed by atoms with Crippen LogP contribution in [0, 0.1) is 11.3 Å². The van der Waals surface area contributed by atoms with Gasteiger partial charge in [0.15, 0.2) is 0 Å². The van der Waals surface area contributed by atoms with Crippen LogP contribution in [0.5, 0.6) is 0 Å². The molecule has 6 heteroatoms. The van der Waals surface area contributed by atoms with Gasteiger partial charge < -0.3 is 9.26 Å². The van der Waals surface area contributed by atoms with E-state index in [9.17, 15) is 0 Å². The van der Waals surface area contributed by atoms with E-state index in [1.54, 1.807) is 6.92 Å². The first kappa shape index (κ1) is 11.2. The quantitative estimate of drug-likeness (QED) is 0.515. The Morgan fingerprint density at radius 2 is 2.54 bits per heavy atom. The molecule has 0 saturated carbocycles. The Morgan fingerprint density at radius 3 is 3.00 bits per heavy atom. The molecular formula is C7H12ClN2O2P. The molecule has 0 aromatic rings. The Hall–Kier alpha value is 0.0900. The van der Waals surface area contributed by atoms with E-state index in [0.717, 1.165) is 0 Å². The van der Waals surface area contributed by atoms with Crippen molar-refractivity contribution in [2.75, 3.05) is 19.7 Å². The molecule has 0 N–H and O–H groups in total. The summed E-state index contributed by atoms with van der Waals surface area (Å²) in [5.74, 6) is 0. The number of rotatable bonds is 2. The van der Waals surface area contributed by atoms with Crippen LogP contribution in [0.1, 0.15) is 6.92 Å². The first-order valence-corrected chi connectivity index (χ1v) is 4.83. The maximum atomic E-state index is 8.91. The summed E-state index contributed by atoms with van der Waals surface area (Å²) < 4.78 is 10.2. The van der Waals surface area contributed by atoms with Crippen molar-refractivity contribution in [1.82, 2.24) is 4.90 Å². The highest BCUT2D eigenvalue weighted by atomic mass is 35.5. The van der Waals surface area contributed by atoms with Gasteiger partial charge in [0.25, 0.3) is 0 Å². The second-order valence-corrected chi connectivity index (χ2v) is 3.66. The maximum absolute atomic E-state index is 8.91. The second-order valence-electron chi connectivity index (χ2n) is 2.94. The van der Waals surface area contributed by atoms with Crippen LogP contribution in [0.4, 0.5) is 0 Å². The van der Waals surface area contributed by atoms with Gasteiger partial charge in [-0.3, -0.25) is 4.90 Å². The molecule has 1 rings (SSSR count). The molecule has 3 unspecified atom stereocenters. The largest absolute Gasteiger partial charge is 0.360 e. The summed E-state index contributed by atoms with van der Waals surface area (Å²) in [5.41, 5.74) is -1.29. The smallest absolute Gasteiger partial charge is 0.210 e. The standard InChI is InChI=1S/C7H12ClN2O2P/c1-7(5-9,12-13)10-2-3-11-6(8)4-10/h6H,2-4,13H2,1H3. The molecule has 1 aliphatic rings. The average molecular weight is 223 g/mol. The molecule has 0 amide bonds. The molecule has 0 aliphatic carbocycles. The van der Waals surface area contributed by atoms with Crippen LogP contribution in [0.2, 0.25) is 0 Å². The highest BCUT2D eigenvalue weighted by molar-refractivity contribution is 7.09. The molecule has 13 heavy (non-hydrogen) atoms. The van der Waals surface area contributed by atoms with Crippen molar-refractivity contribution >= 4 is 21.1 Å². The lowest BCUT2D eigenvalue weighted by atomic mass is 10.2. The minimum absolute atomic E-state index is 0.360. The van der Waals surface area contributed by atoms with Gasteiger partial charge in [0.2, 0.25) is 5.72 Å². The van der Waals surface area contributed by atoms with Crippen LogP contribution in [-0.2, 0) is 9.26 Å². The van der Waals surface area contributed by atoms with Crippen molar-refractivity contribution in [3.8, 4) is 6.07 Å². The number of nitriles is 1. The summed E-state index contributed by atoms with van der Waals surface area (Å²) in [6.45, 7) is 3.39. The Kier molecular flexibility index (Phi) is 3.90. The molecule has 1 heterocycles. The fourth-order valence-corrected chi connectivity index (χ4v) is 1.62. The molecule has 1 aliphatic heterocycles. The first-order valence-electron chi connectivity index (χ1n) is 3.92. The van der Waals surface area contributed by atoms with Crippen molar-refractivity contribution < 1.29 is 9.26 Å². The number of halogens is 1. The van der Waals surface area contributed by atoms with Gasteiger partial charge in [-0.15, -0.1) is 0 Å². The van der Waals surface area contributed by atoms with E-state index in [-0.39, 0.29) is 5.56 Å². The Balaban J connectivity index is 2.64. The minimum Gasteiger partial charge on any atom is -0.360 e. The van der Waals surface area contributed by atoms with Crippen LogP contribution < -0.4 is 0 Å². The zero-order valence-corrected chi connectivity index (χ0v) is 9.28. The lowest BCUT2D eigenvalue weighted by Gasteiger charge is -2.38. The highest BCUT2D eigenvalue weighted by Gasteiger charge is 2.35. The van der Waals surface area contributed by atoms with E-state index >= 15 is 0 Å². The van der Waals surface area contributed by atoms with Gasteiger partial charge in [0.05, 0.1) is 6.61 Å². The van der Waals surface area contributed by atoms with Crippen LogP contribution >= 0.6 is 21.1 Å².